The summed E-state index contributed by atoms with van der Waals surface area (Å²) in [6.45, 7) is 9.96. The molecule has 2 fully saturated rings. The smallest absolute Gasteiger partial charge is 0.163 e. The molecule has 2 heterocycles. The molecule has 0 aliphatic carbocycles. The summed E-state index contributed by atoms with van der Waals surface area (Å²) in [6.07, 6.45) is 2.68. The predicted octanol–water partition coefficient (Wildman–Crippen LogP) is 4.17. The topological polar surface area (TPSA) is 47.6 Å². The number of piperidine rings is 1. The van der Waals surface area contributed by atoms with Crippen LogP contribution >= 0.6 is 0 Å². The van der Waals surface area contributed by atoms with Gasteiger partial charge < -0.3 is 10.2 Å². The largest absolute Gasteiger partial charge is 0.338 e. The normalized spacial score (nSPS) is 19.4. The first kappa shape index (κ1) is 21.0. The summed E-state index contributed by atoms with van der Waals surface area (Å²) in [7, 11) is 0. The van der Waals surface area contributed by atoms with Gasteiger partial charge in [0.05, 0.1) is 6.67 Å². The predicted molar refractivity (Wildman–Crippen MR) is 122 cm³/mol. The van der Waals surface area contributed by atoms with Crippen LogP contribution in [-0.2, 0) is 6.54 Å². The highest BCUT2D eigenvalue weighted by Gasteiger charge is 2.45. The number of para-hydroxylation sites is 1. The number of nitrogens with one attached hydrogen (secondary N) is 2. The van der Waals surface area contributed by atoms with E-state index in [9.17, 15) is 4.79 Å². The van der Waals surface area contributed by atoms with Gasteiger partial charge >= 0.3 is 0 Å². The molecule has 2 aliphatic rings. The second kappa shape index (κ2) is 8.50. The SMILES string of the molecule is CC(C)(C)CC(=O)c1cccc(CN2CN(c3ccccc3)C3(CCNCC3)N2)c1. The number of benzene rings is 2. The Hall–Kier alpha value is -2.21. The second-order valence-corrected chi connectivity index (χ2v) is 9.86. The molecule has 2 aromatic carbocycles. The molecule has 0 amide bonds. The number of hydrogen-bond acceptors (Lipinski definition) is 5. The molecule has 4 rings (SSSR count). The molecule has 2 saturated heterocycles. The van der Waals surface area contributed by atoms with E-state index >= 15 is 0 Å². The summed E-state index contributed by atoms with van der Waals surface area (Å²) in [5.74, 6) is 0.222. The molecule has 0 unspecified atom stereocenters. The number of carbonyl (C=O) groups is 1. The first-order chi connectivity index (χ1) is 14.3. The third kappa shape index (κ3) is 4.75. The first-order valence-corrected chi connectivity index (χ1v) is 11.0. The molecule has 0 bridgehead atoms. The zero-order valence-corrected chi connectivity index (χ0v) is 18.4. The quantitative estimate of drug-likeness (QED) is 0.730. The van der Waals surface area contributed by atoms with Crippen molar-refractivity contribution in [3.63, 3.8) is 0 Å². The minimum absolute atomic E-state index is 0.00117. The van der Waals surface area contributed by atoms with Gasteiger partial charge in [-0.15, -0.1) is 0 Å². The van der Waals surface area contributed by atoms with Crippen molar-refractivity contribution in [3.05, 3.63) is 65.7 Å². The van der Waals surface area contributed by atoms with Crippen LogP contribution in [0.4, 0.5) is 5.69 Å². The monoisotopic (exact) mass is 406 g/mol. The summed E-state index contributed by atoms with van der Waals surface area (Å²) < 4.78 is 0. The van der Waals surface area contributed by atoms with E-state index in [2.05, 4.69) is 83.9 Å². The number of nitrogens with zero attached hydrogens (tertiary/aromatic N) is 2. The maximum absolute atomic E-state index is 12.7. The summed E-state index contributed by atoms with van der Waals surface area (Å²) in [4.78, 5) is 15.2. The molecule has 160 valence electrons. The number of Topliss-reactive ketones (excluding diaryl/α,β-unsaturated/α-hetero) is 1. The van der Waals surface area contributed by atoms with Gasteiger partial charge in [0.2, 0.25) is 0 Å². The zero-order chi connectivity index (χ0) is 21.2. The number of hydrazine groups is 1. The molecule has 30 heavy (non-hydrogen) atoms. The van der Waals surface area contributed by atoms with E-state index in [1.165, 1.54) is 11.3 Å². The summed E-state index contributed by atoms with van der Waals surface area (Å²) in [5, 5.41) is 5.79. The Bertz CT molecular complexity index is 868. The van der Waals surface area contributed by atoms with Crippen molar-refractivity contribution in [1.29, 1.82) is 0 Å². The summed E-state index contributed by atoms with van der Waals surface area (Å²) in [5.41, 5.74) is 7.02. The van der Waals surface area contributed by atoms with Gasteiger partial charge in [0.25, 0.3) is 0 Å². The van der Waals surface area contributed by atoms with E-state index in [-0.39, 0.29) is 16.9 Å². The van der Waals surface area contributed by atoms with Gasteiger partial charge in [-0.25, -0.2) is 10.4 Å². The second-order valence-electron chi connectivity index (χ2n) is 9.86. The Morgan fingerprint density at radius 1 is 1.03 bits per heavy atom. The molecular formula is C25H34N4O. The zero-order valence-electron chi connectivity index (χ0n) is 18.4. The van der Waals surface area contributed by atoms with Crippen LogP contribution in [0.15, 0.2) is 54.6 Å². The molecule has 2 aliphatic heterocycles. The van der Waals surface area contributed by atoms with Crippen molar-refractivity contribution in [2.75, 3.05) is 24.7 Å². The van der Waals surface area contributed by atoms with Crippen molar-refractivity contribution in [3.8, 4) is 0 Å². The number of ketones is 1. The van der Waals surface area contributed by atoms with Crippen molar-refractivity contribution in [1.82, 2.24) is 15.8 Å². The van der Waals surface area contributed by atoms with Crippen LogP contribution in [0.5, 0.6) is 0 Å². The standard InChI is InChI=1S/C25H34N4O/c1-24(2,3)17-23(30)21-9-7-8-20(16-21)18-28-19-29(22-10-5-4-6-11-22)25(27-28)12-14-26-15-13-25/h4-11,16,26-27H,12-15,17-19H2,1-3H3. The molecule has 5 nitrogen and oxygen atoms in total. The van der Waals surface area contributed by atoms with E-state index in [0.29, 0.717) is 6.42 Å². The van der Waals surface area contributed by atoms with Crippen molar-refractivity contribution in [2.24, 2.45) is 5.41 Å². The Kier molecular flexibility index (Phi) is 5.96. The molecule has 0 atom stereocenters. The summed E-state index contributed by atoms with van der Waals surface area (Å²) >= 11 is 0. The highest BCUT2D eigenvalue weighted by atomic mass is 16.1. The van der Waals surface area contributed by atoms with Crippen LogP contribution in [0, 0.1) is 5.41 Å². The number of hydrogen-bond donors (Lipinski definition) is 2. The van der Waals surface area contributed by atoms with E-state index in [0.717, 1.165) is 44.7 Å². The third-order valence-corrected chi connectivity index (χ3v) is 6.01. The Morgan fingerprint density at radius 3 is 2.47 bits per heavy atom. The van der Waals surface area contributed by atoms with Gasteiger partial charge in [0.15, 0.2) is 5.78 Å². The van der Waals surface area contributed by atoms with Crippen LogP contribution < -0.4 is 15.6 Å². The van der Waals surface area contributed by atoms with Crippen LogP contribution in [0.1, 0.15) is 56.0 Å². The van der Waals surface area contributed by atoms with Crippen LogP contribution in [0.2, 0.25) is 0 Å². The summed E-state index contributed by atoms with van der Waals surface area (Å²) in [6, 6.07) is 18.8. The van der Waals surface area contributed by atoms with Gasteiger partial charge in [0.1, 0.15) is 5.66 Å². The van der Waals surface area contributed by atoms with Crippen molar-refractivity contribution >= 4 is 11.5 Å². The average Bonchev–Trinajstić information content (AvgIpc) is 3.05. The number of anilines is 1. The minimum Gasteiger partial charge on any atom is -0.338 e. The molecule has 5 heteroatoms. The molecule has 2 N–H and O–H groups in total. The van der Waals surface area contributed by atoms with Gasteiger partial charge in [0, 0.05) is 24.2 Å². The lowest BCUT2D eigenvalue weighted by atomic mass is 9.87. The molecule has 2 aromatic rings. The fourth-order valence-electron chi connectivity index (χ4n) is 4.59. The maximum Gasteiger partial charge on any atom is 0.163 e. The maximum atomic E-state index is 12.7. The Labute approximate surface area is 180 Å². The van der Waals surface area contributed by atoms with Gasteiger partial charge in [-0.05, 0) is 55.1 Å². The lowest BCUT2D eigenvalue weighted by molar-refractivity contribution is 0.0939. The van der Waals surface area contributed by atoms with Gasteiger partial charge in [-0.1, -0.05) is 57.2 Å². The minimum atomic E-state index is -0.0493. The average molecular weight is 407 g/mol. The third-order valence-electron chi connectivity index (χ3n) is 6.01. The van der Waals surface area contributed by atoms with E-state index in [4.69, 9.17) is 0 Å². The Morgan fingerprint density at radius 2 is 1.77 bits per heavy atom. The molecule has 1 spiro atoms. The molecule has 0 aromatic heterocycles. The highest BCUT2D eigenvalue weighted by Crippen LogP contribution is 2.34. The molecule has 0 saturated carbocycles. The van der Waals surface area contributed by atoms with Crippen LogP contribution in [0.3, 0.4) is 0 Å². The number of rotatable bonds is 5. The van der Waals surface area contributed by atoms with E-state index in [1.54, 1.807) is 0 Å². The first-order valence-electron chi connectivity index (χ1n) is 11.0. The van der Waals surface area contributed by atoms with Crippen LogP contribution in [-0.4, -0.2) is 36.2 Å². The van der Waals surface area contributed by atoms with Crippen LogP contribution in [0.25, 0.3) is 0 Å². The van der Waals surface area contributed by atoms with Crippen molar-refractivity contribution in [2.45, 2.75) is 52.2 Å². The highest BCUT2D eigenvalue weighted by molar-refractivity contribution is 5.96. The Balaban J connectivity index is 1.51. The fourth-order valence-corrected chi connectivity index (χ4v) is 4.59. The van der Waals surface area contributed by atoms with Gasteiger partial charge in [-0.2, -0.15) is 0 Å². The van der Waals surface area contributed by atoms with Crippen molar-refractivity contribution < 1.29 is 4.79 Å². The molecule has 0 radical (unpaired) electrons. The lowest BCUT2D eigenvalue weighted by Crippen LogP contribution is -2.58. The fraction of sp³-hybridized carbons (Fsp3) is 0.480. The van der Waals surface area contributed by atoms with Gasteiger partial charge in [-0.3, -0.25) is 4.79 Å². The lowest BCUT2D eigenvalue weighted by Gasteiger charge is -2.41. The molecular weight excluding hydrogens is 372 g/mol. The number of carbonyl (C=O) groups excluding carboxylic acids is 1. The van der Waals surface area contributed by atoms with E-state index in [1.807, 2.05) is 12.1 Å². The van der Waals surface area contributed by atoms with E-state index < -0.39 is 0 Å².